The number of nitrogens with zero attached hydrogens (tertiary/aromatic N) is 3. The summed E-state index contributed by atoms with van der Waals surface area (Å²) in [7, 11) is 0. The number of aryl methyl sites for hydroxylation is 2. The quantitative estimate of drug-likeness (QED) is 0.869. The van der Waals surface area contributed by atoms with Crippen molar-refractivity contribution in [2.45, 2.75) is 19.8 Å². The molecule has 0 bridgehead atoms. The van der Waals surface area contributed by atoms with Crippen molar-refractivity contribution < 1.29 is 0 Å². The number of nitriles is 1. The van der Waals surface area contributed by atoms with Gasteiger partial charge in [0.2, 0.25) is 0 Å². The van der Waals surface area contributed by atoms with Crippen LogP contribution in [0.5, 0.6) is 0 Å². The van der Waals surface area contributed by atoms with E-state index in [1.807, 2.05) is 37.3 Å². The molecular weight excluding hydrogens is 290 g/mol. The highest BCUT2D eigenvalue weighted by Gasteiger charge is 2.05. The first kappa shape index (κ1) is 12.7. The van der Waals surface area contributed by atoms with Crippen molar-refractivity contribution in [3.05, 3.63) is 46.3 Å². The largest absolute Gasteiger partial charge is 0.238 e. The summed E-state index contributed by atoms with van der Waals surface area (Å²) in [4.78, 5) is 8.84. The third-order valence-corrected chi connectivity index (χ3v) is 2.97. The van der Waals surface area contributed by atoms with E-state index >= 15 is 0 Å². The van der Waals surface area contributed by atoms with Crippen LogP contribution in [0.3, 0.4) is 0 Å². The topological polar surface area (TPSA) is 49.6 Å². The molecule has 0 saturated carbocycles. The van der Waals surface area contributed by atoms with Crippen molar-refractivity contribution in [2.75, 3.05) is 0 Å². The van der Waals surface area contributed by atoms with Crippen molar-refractivity contribution in [1.82, 2.24) is 9.97 Å². The number of benzene rings is 1. The monoisotopic (exact) mass is 301 g/mol. The van der Waals surface area contributed by atoms with Crippen molar-refractivity contribution in [1.29, 1.82) is 5.26 Å². The van der Waals surface area contributed by atoms with E-state index in [2.05, 4.69) is 32.0 Å². The smallest absolute Gasteiger partial charge is 0.130 e. The second kappa shape index (κ2) is 5.74. The number of halogens is 1. The molecule has 2 rings (SSSR count). The summed E-state index contributed by atoms with van der Waals surface area (Å²) >= 11 is 3.45. The Balaban J connectivity index is 2.39. The molecule has 0 fully saturated rings. The van der Waals surface area contributed by atoms with Crippen molar-refractivity contribution in [3.63, 3.8) is 0 Å². The first-order valence-electron chi connectivity index (χ1n) is 5.66. The average Bonchev–Trinajstić information content (AvgIpc) is 2.36. The SMILES string of the molecule is Cc1cc(-c2cccc(Br)c2)nc(CCC#N)n1. The van der Waals surface area contributed by atoms with Gasteiger partial charge in [0.15, 0.2) is 0 Å². The zero-order chi connectivity index (χ0) is 13.0. The van der Waals surface area contributed by atoms with Gasteiger partial charge >= 0.3 is 0 Å². The van der Waals surface area contributed by atoms with Crippen LogP contribution in [0.2, 0.25) is 0 Å². The summed E-state index contributed by atoms with van der Waals surface area (Å²) in [5, 5.41) is 8.61. The van der Waals surface area contributed by atoms with E-state index in [4.69, 9.17) is 5.26 Å². The Morgan fingerprint density at radius 2 is 2.11 bits per heavy atom. The summed E-state index contributed by atoms with van der Waals surface area (Å²) in [6.45, 7) is 1.94. The molecular formula is C14H12BrN3. The molecule has 0 unspecified atom stereocenters. The van der Waals surface area contributed by atoms with Gasteiger partial charge in [0, 0.05) is 28.6 Å². The highest BCUT2D eigenvalue weighted by atomic mass is 79.9. The highest BCUT2D eigenvalue weighted by Crippen LogP contribution is 2.22. The molecule has 3 nitrogen and oxygen atoms in total. The normalized spacial score (nSPS) is 10.1. The third kappa shape index (κ3) is 3.14. The van der Waals surface area contributed by atoms with Gasteiger partial charge in [-0.3, -0.25) is 0 Å². The molecule has 0 amide bonds. The van der Waals surface area contributed by atoms with Gasteiger partial charge in [-0.25, -0.2) is 9.97 Å². The van der Waals surface area contributed by atoms with E-state index in [1.165, 1.54) is 0 Å². The molecule has 1 aromatic carbocycles. The Kier molecular flexibility index (Phi) is 4.06. The highest BCUT2D eigenvalue weighted by molar-refractivity contribution is 9.10. The molecule has 1 aromatic heterocycles. The molecule has 18 heavy (non-hydrogen) atoms. The minimum atomic E-state index is 0.446. The van der Waals surface area contributed by atoms with E-state index in [-0.39, 0.29) is 0 Å². The maximum atomic E-state index is 8.61. The van der Waals surface area contributed by atoms with Gasteiger partial charge in [-0.2, -0.15) is 5.26 Å². The molecule has 0 aliphatic heterocycles. The number of hydrogen-bond donors (Lipinski definition) is 0. The lowest BCUT2D eigenvalue weighted by molar-refractivity contribution is 0.873. The minimum absolute atomic E-state index is 0.446. The predicted octanol–water partition coefficient (Wildman–Crippen LogP) is 3.67. The van der Waals surface area contributed by atoms with Crippen molar-refractivity contribution in [2.24, 2.45) is 0 Å². The molecule has 0 aliphatic carbocycles. The van der Waals surface area contributed by atoms with Crippen LogP contribution in [-0.4, -0.2) is 9.97 Å². The zero-order valence-electron chi connectivity index (χ0n) is 10.0. The van der Waals surface area contributed by atoms with Gasteiger partial charge < -0.3 is 0 Å². The molecule has 4 heteroatoms. The first-order valence-corrected chi connectivity index (χ1v) is 6.46. The van der Waals surface area contributed by atoms with E-state index in [9.17, 15) is 0 Å². The standard InChI is InChI=1S/C14H12BrN3/c1-10-8-13(11-4-2-5-12(15)9-11)18-14(17-10)6-3-7-16/h2,4-5,8-9H,3,6H2,1H3. The van der Waals surface area contributed by atoms with Crippen LogP contribution >= 0.6 is 15.9 Å². The summed E-state index contributed by atoms with van der Waals surface area (Å²) in [5.74, 6) is 0.728. The molecule has 0 N–H and O–H groups in total. The number of hydrogen-bond acceptors (Lipinski definition) is 3. The summed E-state index contributed by atoms with van der Waals surface area (Å²) < 4.78 is 1.02. The van der Waals surface area contributed by atoms with Crippen molar-refractivity contribution in [3.8, 4) is 17.3 Å². The van der Waals surface area contributed by atoms with Gasteiger partial charge in [0.05, 0.1) is 11.8 Å². The van der Waals surface area contributed by atoms with Crippen LogP contribution < -0.4 is 0 Å². The summed E-state index contributed by atoms with van der Waals surface area (Å²) in [6.07, 6.45) is 1.04. The molecule has 2 aromatic rings. The van der Waals surface area contributed by atoms with Crippen LogP contribution in [0.15, 0.2) is 34.8 Å². The predicted molar refractivity (Wildman–Crippen MR) is 73.8 cm³/mol. The number of aromatic nitrogens is 2. The van der Waals surface area contributed by atoms with E-state index in [1.54, 1.807) is 0 Å². The van der Waals surface area contributed by atoms with E-state index in [0.29, 0.717) is 12.8 Å². The average molecular weight is 302 g/mol. The molecule has 0 saturated heterocycles. The lowest BCUT2D eigenvalue weighted by Crippen LogP contribution is -1.99. The van der Waals surface area contributed by atoms with E-state index in [0.717, 1.165) is 27.2 Å². The van der Waals surface area contributed by atoms with Crippen LogP contribution in [0.4, 0.5) is 0 Å². The van der Waals surface area contributed by atoms with Crippen LogP contribution in [0.1, 0.15) is 17.9 Å². The lowest BCUT2D eigenvalue weighted by Gasteiger charge is -2.05. The Bertz CT molecular complexity index is 602. The van der Waals surface area contributed by atoms with Gasteiger partial charge in [-0.1, -0.05) is 28.1 Å². The number of rotatable bonds is 3. The first-order chi connectivity index (χ1) is 8.69. The van der Waals surface area contributed by atoms with Gasteiger partial charge in [-0.15, -0.1) is 0 Å². The Morgan fingerprint density at radius 1 is 1.28 bits per heavy atom. The summed E-state index contributed by atoms with van der Waals surface area (Å²) in [6, 6.07) is 12.1. The van der Waals surface area contributed by atoms with Crippen LogP contribution in [-0.2, 0) is 6.42 Å². The molecule has 0 atom stereocenters. The van der Waals surface area contributed by atoms with Gasteiger partial charge in [0.25, 0.3) is 0 Å². The van der Waals surface area contributed by atoms with Crippen LogP contribution in [0.25, 0.3) is 11.3 Å². The van der Waals surface area contributed by atoms with Gasteiger partial charge in [0.1, 0.15) is 5.82 Å². The fraction of sp³-hybridized carbons (Fsp3) is 0.214. The van der Waals surface area contributed by atoms with E-state index < -0.39 is 0 Å². The fourth-order valence-electron chi connectivity index (χ4n) is 1.71. The van der Waals surface area contributed by atoms with Crippen LogP contribution in [0, 0.1) is 18.3 Å². The minimum Gasteiger partial charge on any atom is -0.238 e. The van der Waals surface area contributed by atoms with Gasteiger partial charge in [-0.05, 0) is 25.1 Å². The summed E-state index contributed by atoms with van der Waals surface area (Å²) in [5.41, 5.74) is 2.87. The molecule has 0 aliphatic rings. The lowest BCUT2D eigenvalue weighted by atomic mass is 10.1. The Morgan fingerprint density at radius 3 is 2.83 bits per heavy atom. The maximum absolute atomic E-state index is 8.61. The fourth-order valence-corrected chi connectivity index (χ4v) is 2.10. The Hall–Kier alpha value is -1.73. The molecule has 0 spiro atoms. The second-order valence-corrected chi connectivity index (χ2v) is 4.89. The molecule has 0 radical (unpaired) electrons. The van der Waals surface area contributed by atoms with Crippen molar-refractivity contribution >= 4 is 15.9 Å². The maximum Gasteiger partial charge on any atom is 0.130 e. The molecule has 1 heterocycles. The second-order valence-electron chi connectivity index (χ2n) is 3.98. The zero-order valence-corrected chi connectivity index (χ0v) is 11.6. The molecule has 90 valence electrons. The third-order valence-electron chi connectivity index (χ3n) is 2.48. The Labute approximate surface area is 115 Å².